The van der Waals surface area contributed by atoms with Crippen LogP contribution in [-0.2, 0) is 0 Å². The zero-order valence-electron chi connectivity index (χ0n) is 10.5. The molecule has 0 saturated carbocycles. The van der Waals surface area contributed by atoms with E-state index in [1.54, 1.807) is 36.4 Å². The van der Waals surface area contributed by atoms with E-state index in [4.69, 9.17) is 23.2 Å². The van der Waals surface area contributed by atoms with E-state index in [1.165, 1.54) is 6.21 Å². The standard InChI is InChI=1S/C14H9BrCl2N2O2/c15-10-5-9(13(20)12(17)6-10)7-18-19-14(21)8-1-3-11(16)4-2-8/h1-7,20H,(H,19,21). The third kappa shape index (κ3) is 4.20. The van der Waals surface area contributed by atoms with Crippen molar-refractivity contribution in [2.75, 3.05) is 0 Å². The maximum atomic E-state index is 11.8. The summed E-state index contributed by atoms with van der Waals surface area (Å²) in [5.41, 5.74) is 3.16. The van der Waals surface area contributed by atoms with Gasteiger partial charge in [-0.3, -0.25) is 4.79 Å². The Bertz CT molecular complexity index is 703. The SMILES string of the molecule is O=C(NN=Cc1cc(Br)cc(Cl)c1O)c1ccc(Cl)cc1. The van der Waals surface area contributed by atoms with E-state index in [9.17, 15) is 9.90 Å². The summed E-state index contributed by atoms with van der Waals surface area (Å²) in [4.78, 5) is 11.8. The molecule has 0 aliphatic carbocycles. The highest BCUT2D eigenvalue weighted by molar-refractivity contribution is 9.10. The summed E-state index contributed by atoms with van der Waals surface area (Å²) in [6.07, 6.45) is 1.31. The van der Waals surface area contributed by atoms with Crippen molar-refractivity contribution in [2.45, 2.75) is 0 Å². The third-order valence-corrected chi connectivity index (χ3v) is 3.53. The third-order valence-electron chi connectivity index (χ3n) is 2.53. The van der Waals surface area contributed by atoms with Crippen LogP contribution in [0, 0.1) is 0 Å². The molecule has 2 rings (SSSR count). The molecular weight excluding hydrogens is 379 g/mol. The summed E-state index contributed by atoms with van der Waals surface area (Å²) >= 11 is 14.8. The normalized spacial score (nSPS) is 10.8. The summed E-state index contributed by atoms with van der Waals surface area (Å²) < 4.78 is 0.691. The van der Waals surface area contributed by atoms with Crippen molar-refractivity contribution in [1.82, 2.24) is 5.43 Å². The van der Waals surface area contributed by atoms with Crippen LogP contribution < -0.4 is 5.43 Å². The van der Waals surface area contributed by atoms with Crippen LogP contribution in [0.25, 0.3) is 0 Å². The summed E-state index contributed by atoms with van der Waals surface area (Å²) in [7, 11) is 0. The predicted molar refractivity (Wildman–Crippen MR) is 87.3 cm³/mol. The lowest BCUT2D eigenvalue weighted by Crippen LogP contribution is -2.17. The summed E-state index contributed by atoms with van der Waals surface area (Å²) in [6, 6.07) is 9.57. The minimum absolute atomic E-state index is 0.107. The van der Waals surface area contributed by atoms with Crippen LogP contribution in [0.5, 0.6) is 5.75 Å². The monoisotopic (exact) mass is 386 g/mol. The molecular formula is C14H9BrCl2N2O2. The number of hydrogen-bond donors (Lipinski definition) is 2. The van der Waals surface area contributed by atoms with Crippen LogP contribution in [0.3, 0.4) is 0 Å². The fourth-order valence-corrected chi connectivity index (χ4v) is 2.47. The molecule has 1 amide bonds. The van der Waals surface area contributed by atoms with Gasteiger partial charge in [0.15, 0.2) is 0 Å². The number of hydrogen-bond acceptors (Lipinski definition) is 3. The molecule has 2 aromatic rings. The molecule has 0 unspecified atom stereocenters. The van der Waals surface area contributed by atoms with Crippen molar-refractivity contribution >= 4 is 51.3 Å². The number of hydrazone groups is 1. The zero-order chi connectivity index (χ0) is 15.4. The molecule has 7 heteroatoms. The second-order valence-corrected chi connectivity index (χ2v) is 5.79. The highest BCUT2D eigenvalue weighted by Gasteiger charge is 2.06. The summed E-state index contributed by atoms with van der Waals surface area (Å²) in [6.45, 7) is 0. The minimum Gasteiger partial charge on any atom is -0.506 e. The Hall–Kier alpha value is -1.56. The first-order chi connectivity index (χ1) is 9.97. The molecule has 0 heterocycles. The van der Waals surface area contributed by atoms with Gasteiger partial charge in [-0.15, -0.1) is 0 Å². The van der Waals surface area contributed by atoms with Gasteiger partial charge < -0.3 is 5.11 Å². The zero-order valence-corrected chi connectivity index (χ0v) is 13.6. The molecule has 0 radical (unpaired) electrons. The molecule has 0 saturated heterocycles. The molecule has 0 aliphatic heterocycles. The topological polar surface area (TPSA) is 61.7 Å². The number of phenols is 1. The van der Waals surface area contributed by atoms with Gasteiger partial charge >= 0.3 is 0 Å². The molecule has 0 fully saturated rings. The highest BCUT2D eigenvalue weighted by atomic mass is 79.9. The molecule has 2 aromatic carbocycles. The van der Waals surface area contributed by atoms with Crippen LogP contribution in [0.15, 0.2) is 46.0 Å². The van der Waals surface area contributed by atoms with Crippen LogP contribution in [0.4, 0.5) is 0 Å². The van der Waals surface area contributed by atoms with E-state index in [0.717, 1.165) is 0 Å². The molecule has 0 bridgehead atoms. The Morgan fingerprint density at radius 1 is 1.24 bits per heavy atom. The van der Waals surface area contributed by atoms with Gasteiger partial charge in [0.05, 0.1) is 11.2 Å². The van der Waals surface area contributed by atoms with Gasteiger partial charge in [-0.25, -0.2) is 5.43 Å². The van der Waals surface area contributed by atoms with Gasteiger partial charge in [-0.2, -0.15) is 5.10 Å². The lowest BCUT2D eigenvalue weighted by Gasteiger charge is -2.03. The minimum atomic E-state index is -0.386. The molecule has 0 spiro atoms. The highest BCUT2D eigenvalue weighted by Crippen LogP contribution is 2.30. The lowest BCUT2D eigenvalue weighted by molar-refractivity contribution is 0.0955. The number of nitrogens with zero attached hydrogens (tertiary/aromatic N) is 1. The Balaban J connectivity index is 2.09. The van der Waals surface area contributed by atoms with Crippen LogP contribution in [-0.4, -0.2) is 17.2 Å². The number of carbonyl (C=O) groups excluding carboxylic acids is 1. The fourth-order valence-electron chi connectivity index (χ4n) is 1.51. The van der Waals surface area contributed by atoms with Crippen LogP contribution >= 0.6 is 39.1 Å². The molecule has 21 heavy (non-hydrogen) atoms. The van der Waals surface area contributed by atoms with E-state index in [-0.39, 0.29) is 16.7 Å². The predicted octanol–water partition coefficient (Wildman–Crippen LogP) is 4.23. The maximum Gasteiger partial charge on any atom is 0.271 e. The molecule has 2 N–H and O–H groups in total. The first-order valence-electron chi connectivity index (χ1n) is 5.74. The molecule has 0 aromatic heterocycles. The second-order valence-electron chi connectivity index (χ2n) is 4.03. The van der Waals surface area contributed by atoms with Crippen molar-refractivity contribution < 1.29 is 9.90 Å². The van der Waals surface area contributed by atoms with E-state index < -0.39 is 0 Å². The second kappa shape index (κ2) is 6.93. The first-order valence-corrected chi connectivity index (χ1v) is 7.29. The van der Waals surface area contributed by atoms with Gasteiger partial charge in [-0.05, 0) is 36.4 Å². The van der Waals surface area contributed by atoms with E-state index in [2.05, 4.69) is 26.5 Å². The van der Waals surface area contributed by atoms with E-state index in [0.29, 0.717) is 20.6 Å². The van der Waals surface area contributed by atoms with Gasteiger partial charge in [0.1, 0.15) is 5.75 Å². The van der Waals surface area contributed by atoms with E-state index >= 15 is 0 Å². The smallest absolute Gasteiger partial charge is 0.271 e. The average molecular weight is 388 g/mol. The molecule has 0 atom stereocenters. The number of amides is 1. The Morgan fingerprint density at radius 2 is 1.90 bits per heavy atom. The van der Waals surface area contributed by atoms with Gasteiger partial charge in [-0.1, -0.05) is 39.1 Å². The first kappa shape index (κ1) is 15.8. The number of aromatic hydroxyl groups is 1. The number of rotatable bonds is 3. The number of phenolic OH excluding ortho intramolecular Hbond substituents is 1. The van der Waals surface area contributed by atoms with Crippen molar-refractivity contribution in [3.8, 4) is 5.75 Å². The van der Waals surface area contributed by atoms with Crippen LogP contribution in [0.1, 0.15) is 15.9 Å². The van der Waals surface area contributed by atoms with Crippen molar-refractivity contribution in [2.24, 2.45) is 5.10 Å². The molecule has 0 aliphatic rings. The van der Waals surface area contributed by atoms with E-state index in [1.807, 2.05) is 0 Å². The molecule has 4 nitrogen and oxygen atoms in total. The van der Waals surface area contributed by atoms with Crippen molar-refractivity contribution in [1.29, 1.82) is 0 Å². The molecule has 108 valence electrons. The van der Waals surface area contributed by atoms with Crippen molar-refractivity contribution in [3.05, 3.63) is 62.0 Å². The maximum absolute atomic E-state index is 11.8. The largest absolute Gasteiger partial charge is 0.506 e. The quantitative estimate of drug-likeness (QED) is 0.611. The summed E-state index contributed by atoms with van der Waals surface area (Å²) in [5, 5.41) is 14.3. The number of halogens is 3. The Labute approximate surface area is 139 Å². The van der Waals surface area contributed by atoms with Gasteiger partial charge in [0.25, 0.3) is 5.91 Å². The summed E-state index contributed by atoms with van der Waals surface area (Å²) in [5.74, 6) is -0.493. The van der Waals surface area contributed by atoms with Crippen LogP contribution in [0.2, 0.25) is 10.0 Å². The Kier molecular flexibility index (Phi) is 5.22. The van der Waals surface area contributed by atoms with Gasteiger partial charge in [0.2, 0.25) is 0 Å². The Morgan fingerprint density at radius 3 is 2.57 bits per heavy atom. The number of carbonyl (C=O) groups is 1. The average Bonchev–Trinajstić information content (AvgIpc) is 2.44. The number of benzene rings is 2. The fraction of sp³-hybridized carbons (Fsp3) is 0. The van der Waals surface area contributed by atoms with Crippen molar-refractivity contribution in [3.63, 3.8) is 0 Å². The van der Waals surface area contributed by atoms with Gasteiger partial charge in [0, 0.05) is 20.6 Å². The lowest BCUT2D eigenvalue weighted by atomic mass is 10.2. The number of nitrogens with one attached hydrogen (secondary N) is 1.